The molecule has 0 saturated heterocycles. The van der Waals surface area contributed by atoms with Gasteiger partial charge in [0.05, 0.1) is 5.75 Å². The van der Waals surface area contributed by atoms with Crippen molar-refractivity contribution in [2.45, 2.75) is 12.8 Å². The van der Waals surface area contributed by atoms with Crippen molar-refractivity contribution in [1.82, 2.24) is 4.31 Å². The average Bonchev–Trinajstić information content (AvgIpc) is 2.90. The Bertz CT molecular complexity index is 889. The fraction of sp³-hybridized carbons (Fsp3) is 0.278. The zero-order valence-corrected chi connectivity index (χ0v) is 14.6. The molecular weight excluding hydrogens is 324 g/mol. The molecule has 1 amide bonds. The maximum absolute atomic E-state index is 12.0. The van der Waals surface area contributed by atoms with Gasteiger partial charge in [0.25, 0.3) is 0 Å². The van der Waals surface area contributed by atoms with Gasteiger partial charge >= 0.3 is 0 Å². The number of benzene rings is 2. The molecule has 0 aliphatic heterocycles. The Labute approximate surface area is 142 Å². The van der Waals surface area contributed by atoms with Gasteiger partial charge < -0.3 is 5.32 Å². The Kier molecular flexibility index (Phi) is 4.43. The molecule has 5 nitrogen and oxygen atoms in total. The largest absolute Gasteiger partial charge is 0.326 e. The first-order valence-corrected chi connectivity index (χ1v) is 9.39. The summed E-state index contributed by atoms with van der Waals surface area (Å²) in [5.74, 6) is -0.488. The van der Waals surface area contributed by atoms with E-state index in [9.17, 15) is 13.2 Å². The lowest BCUT2D eigenvalue weighted by Crippen LogP contribution is -2.27. The van der Waals surface area contributed by atoms with E-state index in [1.165, 1.54) is 36.3 Å². The highest BCUT2D eigenvalue weighted by atomic mass is 32.2. The lowest BCUT2D eigenvalue weighted by Gasteiger charge is -2.11. The highest BCUT2D eigenvalue weighted by molar-refractivity contribution is 7.89. The second-order valence-corrected chi connectivity index (χ2v) is 8.40. The predicted molar refractivity (Wildman–Crippen MR) is 95.4 cm³/mol. The van der Waals surface area contributed by atoms with E-state index in [1.54, 1.807) is 0 Å². The number of hydrogen-bond donors (Lipinski definition) is 1. The van der Waals surface area contributed by atoms with Crippen molar-refractivity contribution >= 4 is 21.6 Å². The molecule has 6 heteroatoms. The van der Waals surface area contributed by atoms with Crippen molar-refractivity contribution in [1.29, 1.82) is 0 Å². The van der Waals surface area contributed by atoms with Gasteiger partial charge in [-0.05, 0) is 40.8 Å². The summed E-state index contributed by atoms with van der Waals surface area (Å²) in [7, 11) is -0.431. The van der Waals surface area contributed by atoms with E-state index >= 15 is 0 Å². The van der Waals surface area contributed by atoms with Crippen LogP contribution in [0.2, 0.25) is 0 Å². The molecule has 0 heterocycles. The van der Waals surface area contributed by atoms with E-state index < -0.39 is 10.0 Å². The number of nitrogens with one attached hydrogen (secondary N) is 1. The molecule has 0 unspecified atom stereocenters. The summed E-state index contributed by atoms with van der Waals surface area (Å²) in [5, 5.41) is 2.79. The number of anilines is 1. The maximum atomic E-state index is 12.0. The van der Waals surface area contributed by atoms with Crippen molar-refractivity contribution in [3.63, 3.8) is 0 Å². The Balaban J connectivity index is 1.68. The standard InChI is InChI=1S/C18H20N2O3S/c1-20(2)24(22,23)10-9-18(21)19-15-7-8-17-14(12-15)11-13-5-3-4-6-16(13)17/h3-8,12H,9-11H2,1-2H3,(H,19,21). The molecule has 126 valence electrons. The van der Waals surface area contributed by atoms with Gasteiger partial charge in [-0.3, -0.25) is 4.79 Å². The lowest BCUT2D eigenvalue weighted by atomic mass is 10.1. The van der Waals surface area contributed by atoms with Gasteiger partial charge in [0, 0.05) is 26.2 Å². The van der Waals surface area contributed by atoms with Gasteiger partial charge in [-0.15, -0.1) is 0 Å². The molecule has 0 aromatic heterocycles. The first-order valence-electron chi connectivity index (χ1n) is 7.78. The van der Waals surface area contributed by atoms with Crippen molar-refractivity contribution in [2.75, 3.05) is 25.2 Å². The van der Waals surface area contributed by atoms with Crippen LogP contribution in [0.1, 0.15) is 17.5 Å². The lowest BCUT2D eigenvalue weighted by molar-refractivity contribution is -0.115. The van der Waals surface area contributed by atoms with Gasteiger partial charge in [0.1, 0.15) is 0 Å². The van der Waals surface area contributed by atoms with E-state index in [4.69, 9.17) is 0 Å². The van der Waals surface area contributed by atoms with Crippen LogP contribution in [0.15, 0.2) is 42.5 Å². The molecule has 1 aliphatic carbocycles. The van der Waals surface area contributed by atoms with Crippen molar-refractivity contribution in [2.24, 2.45) is 0 Å². The van der Waals surface area contributed by atoms with Crippen LogP contribution < -0.4 is 5.32 Å². The highest BCUT2D eigenvalue weighted by Gasteiger charge is 2.19. The van der Waals surface area contributed by atoms with Crippen LogP contribution in [0, 0.1) is 0 Å². The summed E-state index contributed by atoms with van der Waals surface area (Å²) in [6, 6.07) is 14.1. The van der Waals surface area contributed by atoms with E-state index in [0.717, 1.165) is 10.7 Å². The van der Waals surface area contributed by atoms with E-state index in [-0.39, 0.29) is 18.1 Å². The van der Waals surface area contributed by atoms with E-state index in [1.807, 2.05) is 30.3 Å². The molecule has 0 bridgehead atoms. The molecular formula is C18H20N2O3S. The minimum Gasteiger partial charge on any atom is -0.326 e. The molecule has 1 aliphatic rings. The Morgan fingerprint density at radius 2 is 1.79 bits per heavy atom. The molecule has 0 atom stereocenters. The van der Waals surface area contributed by atoms with Crippen LogP contribution in [0.4, 0.5) is 5.69 Å². The first-order chi connectivity index (χ1) is 11.4. The molecule has 1 N–H and O–H groups in total. The SMILES string of the molecule is CN(C)S(=O)(=O)CCC(=O)Nc1ccc2c(c1)Cc1ccccc1-2. The molecule has 24 heavy (non-hydrogen) atoms. The number of carbonyl (C=O) groups excluding carboxylic acids is 1. The molecule has 2 aromatic carbocycles. The second kappa shape index (κ2) is 6.37. The van der Waals surface area contributed by atoms with Gasteiger partial charge in [0.15, 0.2) is 0 Å². The number of rotatable bonds is 5. The Morgan fingerprint density at radius 1 is 1.08 bits per heavy atom. The molecule has 0 spiro atoms. The van der Waals surface area contributed by atoms with Gasteiger partial charge in [-0.25, -0.2) is 12.7 Å². The smallest absolute Gasteiger partial charge is 0.225 e. The summed E-state index contributed by atoms with van der Waals surface area (Å²) in [6.45, 7) is 0. The monoisotopic (exact) mass is 344 g/mol. The van der Waals surface area contributed by atoms with Gasteiger partial charge in [-0.1, -0.05) is 30.3 Å². The minimum absolute atomic E-state index is 0.0577. The summed E-state index contributed by atoms with van der Waals surface area (Å²) in [6.07, 6.45) is 0.794. The molecule has 0 fully saturated rings. The third kappa shape index (κ3) is 3.34. The highest BCUT2D eigenvalue weighted by Crippen LogP contribution is 2.37. The summed E-state index contributed by atoms with van der Waals surface area (Å²) in [4.78, 5) is 12.0. The molecule has 0 radical (unpaired) electrons. The van der Waals surface area contributed by atoms with Crippen molar-refractivity contribution < 1.29 is 13.2 Å². The average molecular weight is 344 g/mol. The number of nitrogens with zero attached hydrogens (tertiary/aromatic N) is 1. The van der Waals surface area contributed by atoms with Crippen LogP contribution in [0.25, 0.3) is 11.1 Å². The number of carbonyl (C=O) groups is 1. The number of hydrogen-bond acceptors (Lipinski definition) is 3. The quantitative estimate of drug-likeness (QED) is 0.773. The topological polar surface area (TPSA) is 66.5 Å². The number of fused-ring (bicyclic) bond motifs is 3. The van der Waals surface area contributed by atoms with Crippen LogP contribution >= 0.6 is 0 Å². The Hall–Kier alpha value is -2.18. The van der Waals surface area contributed by atoms with Gasteiger partial charge in [-0.2, -0.15) is 0 Å². The van der Waals surface area contributed by atoms with E-state index in [2.05, 4.69) is 17.4 Å². The van der Waals surface area contributed by atoms with Crippen molar-refractivity contribution in [3.8, 4) is 11.1 Å². The number of sulfonamides is 1. The molecule has 0 saturated carbocycles. The normalized spacial score (nSPS) is 12.8. The summed E-state index contributed by atoms with van der Waals surface area (Å²) in [5.41, 5.74) is 5.60. The zero-order valence-electron chi connectivity index (χ0n) is 13.7. The van der Waals surface area contributed by atoms with Crippen LogP contribution in [0.5, 0.6) is 0 Å². The zero-order chi connectivity index (χ0) is 17.3. The van der Waals surface area contributed by atoms with Crippen LogP contribution in [-0.4, -0.2) is 38.5 Å². The minimum atomic E-state index is -3.36. The second-order valence-electron chi connectivity index (χ2n) is 6.10. The van der Waals surface area contributed by atoms with Crippen molar-refractivity contribution in [3.05, 3.63) is 53.6 Å². The fourth-order valence-electron chi connectivity index (χ4n) is 2.85. The van der Waals surface area contributed by atoms with Gasteiger partial charge in [0.2, 0.25) is 15.9 Å². The predicted octanol–water partition coefficient (Wildman–Crippen LogP) is 2.48. The maximum Gasteiger partial charge on any atom is 0.225 e. The third-order valence-electron chi connectivity index (χ3n) is 4.22. The summed E-state index contributed by atoms with van der Waals surface area (Å²) < 4.78 is 24.6. The first kappa shape index (κ1) is 16.7. The fourth-order valence-corrected chi connectivity index (χ4v) is 3.66. The summed E-state index contributed by atoms with van der Waals surface area (Å²) >= 11 is 0. The van der Waals surface area contributed by atoms with Crippen LogP contribution in [-0.2, 0) is 21.2 Å². The molecule has 3 rings (SSSR count). The van der Waals surface area contributed by atoms with Crippen LogP contribution in [0.3, 0.4) is 0 Å². The van der Waals surface area contributed by atoms with E-state index in [0.29, 0.717) is 5.69 Å². The number of amides is 1. The molecule has 2 aromatic rings. The third-order valence-corrected chi connectivity index (χ3v) is 6.05. The Morgan fingerprint density at radius 3 is 2.54 bits per heavy atom.